The molecular weight excluding hydrogens is 309 g/mol. The van der Waals surface area contributed by atoms with E-state index >= 15 is 0 Å². The molecule has 0 heterocycles. The van der Waals surface area contributed by atoms with Crippen LogP contribution in [-0.4, -0.2) is 30.1 Å². The second-order valence-corrected chi connectivity index (χ2v) is 5.11. The zero-order valence-electron chi connectivity index (χ0n) is 11.9. The molecule has 9 heteroatoms. The van der Waals surface area contributed by atoms with Gasteiger partial charge in [0.25, 0.3) is 0 Å². The number of hydrogen-bond acceptors (Lipinski definition) is 2. The van der Waals surface area contributed by atoms with E-state index in [0.717, 1.165) is 13.8 Å². The number of carbonyl (C=O) groups is 1. The first-order valence-corrected chi connectivity index (χ1v) is 6.22. The van der Waals surface area contributed by atoms with Crippen molar-refractivity contribution in [2.75, 3.05) is 0 Å². The molecule has 0 aromatic heterocycles. The van der Waals surface area contributed by atoms with Gasteiger partial charge in [-0.1, -0.05) is 27.7 Å². The Balaban J connectivity index is 5.52. The van der Waals surface area contributed by atoms with Crippen molar-refractivity contribution in [3.8, 4) is 0 Å². The molecule has 0 bridgehead atoms. The van der Waals surface area contributed by atoms with Crippen LogP contribution in [0.2, 0.25) is 0 Å². The minimum absolute atomic E-state index is 0.172. The molecule has 0 fully saturated rings. The Labute approximate surface area is 117 Å². The van der Waals surface area contributed by atoms with Crippen molar-refractivity contribution in [2.45, 2.75) is 58.2 Å². The van der Waals surface area contributed by atoms with Gasteiger partial charge in [-0.2, -0.15) is 30.7 Å². The molecule has 126 valence electrons. The summed E-state index contributed by atoms with van der Waals surface area (Å²) in [5.74, 6) is -15.4. The molecule has 0 spiro atoms. The Bertz CT molecular complexity index is 363. The van der Waals surface area contributed by atoms with Crippen LogP contribution in [0.15, 0.2) is 0 Å². The molecule has 2 nitrogen and oxygen atoms in total. The van der Waals surface area contributed by atoms with Gasteiger partial charge >= 0.3 is 24.0 Å². The number of ether oxygens (including phenoxy) is 1. The monoisotopic (exact) mass is 326 g/mol. The van der Waals surface area contributed by atoms with E-state index in [1.807, 2.05) is 0 Å². The van der Waals surface area contributed by atoms with Crippen LogP contribution < -0.4 is 0 Å². The zero-order chi connectivity index (χ0) is 17.2. The highest BCUT2D eigenvalue weighted by Gasteiger charge is 2.76. The molecule has 0 amide bonds. The van der Waals surface area contributed by atoms with Crippen molar-refractivity contribution in [3.63, 3.8) is 0 Å². The summed E-state index contributed by atoms with van der Waals surface area (Å²) in [7, 11) is 0. The Morgan fingerprint density at radius 3 is 1.71 bits per heavy atom. The lowest BCUT2D eigenvalue weighted by atomic mass is 9.95. The molecule has 0 N–H and O–H groups in total. The number of alkyl halides is 7. The molecule has 21 heavy (non-hydrogen) atoms. The highest BCUT2D eigenvalue weighted by molar-refractivity contribution is 5.72. The van der Waals surface area contributed by atoms with Crippen LogP contribution in [-0.2, 0) is 9.53 Å². The molecule has 0 saturated heterocycles. The van der Waals surface area contributed by atoms with Crippen molar-refractivity contribution in [1.82, 2.24) is 0 Å². The number of rotatable bonds is 6. The summed E-state index contributed by atoms with van der Waals surface area (Å²) < 4.78 is 93.8. The Morgan fingerprint density at radius 2 is 1.43 bits per heavy atom. The summed E-state index contributed by atoms with van der Waals surface area (Å²) >= 11 is 0. The molecule has 0 rings (SSSR count). The van der Waals surface area contributed by atoms with Crippen LogP contribution in [0.3, 0.4) is 0 Å². The van der Waals surface area contributed by atoms with Gasteiger partial charge in [0.05, 0.1) is 5.92 Å². The SMILES string of the molecule is CCC(C)C(=O)OC(C(C)C)C(F)(F)C(F)(F)C(F)(F)F. The van der Waals surface area contributed by atoms with Crippen LogP contribution in [0, 0.1) is 11.8 Å². The largest absolute Gasteiger partial charge is 0.460 e. The summed E-state index contributed by atoms with van der Waals surface area (Å²) in [6.07, 6.45) is -9.16. The minimum atomic E-state index is -6.45. The average Bonchev–Trinajstić information content (AvgIpc) is 2.32. The maximum absolute atomic E-state index is 13.6. The van der Waals surface area contributed by atoms with E-state index in [0.29, 0.717) is 0 Å². The third-order valence-corrected chi connectivity index (χ3v) is 3.00. The van der Waals surface area contributed by atoms with E-state index < -0.39 is 41.9 Å². The molecule has 2 unspecified atom stereocenters. The van der Waals surface area contributed by atoms with Crippen LogP contribution in [0.4, 0.5) is 30.7 Å². The first-order valence-electron chi connectivity index (χ1n) is 6.22. The van der Waals surface area contributed by atoms with Crippen molar-refractivity contribution in [2.24, 2.45) is 11.8 Å². The average molecular weight is 326 g/mol. The van der Waals surface area contributed by atoms with Crippen molar-refractivity contribution < 1.29 is 40.3 Å². The normalized spacial score (nSPS) is 16.8. The summed E-state index contributed by atoms with van der Waals surface area (Å²) in [5, 5.41) is 0. The molecule has 0 radical (unpaired) electrons. The van der Waals surface area contributed by atoms with Crippen LogP contribution in [0.25, 0.3) is 0 Å². The zero-order valence-corrected chi connectivity index (χ0v) is 11.9. The molecular formula is C12H17F7O2. The first-order chi connectivity index (χ1) is 9.20. The Morgan fingerprint density at radius 1 is 1.00 bits per heavy atom. The van der Waals surface area contributed by atoms with Gasteiger partial charge in [0, 0.05) is 0 Å². The molecule has 0 aromatic carbocycles. The molecule has 0 aromatic rings. The van der Waals surface area contributed by atoms with Crippen molar-refractivity contribution in [1.29, 1.82) is 0 Å². The molecule has 0 saturated carbocycles. The maximum Gasteiger partial charge on any atom is 0.460 e. The third kappa shape index (κ3) is 4.00. The van der Waals surface area contributed by atoms with Gasteiger partial charge in [-0.15, -0.1) is 0 Å². The second-order valence-electron chi connectivity index (χ2n) is 5.11. The highest BCUT2D eigenvalue weighted by Crippen LogP contribution is 2.50. The van der Waals surface area contributed by atoms with Gasteiger partial charge < -0.3 is 4.74 Å². The lowest BCUT2D eigenvalue weighted by molar-refractivity contribution is -0.374. The number of carbonyl (C=O) groups excluding carboxylic acids is 1. The minimum Gasteiger partial charge on any atom is -0.455 e. The van der Waals surface area contributed by atoms with E-state index in [-0.39, 0.29) is 6.42 Å². The fraction of sp³-hybridized carbons (Fsp3) is 0.917. The summed E-state index contributed by atoms with van der Waals surface area (Å²) in [4.78, 5) is 11.4. The van der Waals surface area contributed by atoms with E-state index in [4.69, 9.17) is 0 Å². The third-order valence-electron chi connectivity index (χ3n) is 3.00. The van der Waals surface area contributed by atoms with Gasteiger partial charge in [0.2, 0.25) is 0 Å². The van der Waals surface area contributed by atoms with E-state index in [2.05, 4.69) is 4.74 Å². The quantitative estimate of drug-likeness (QED) is 0.533. The number of hydrogen-bond donors (Lipinski definition) is 0. The van der Waals surface area contributed by atoms with Crippen LogP contribution >= 0.6 is 0 Å². The highest BCUT2D eigenvalue weighted by atomic mass is 19.4. The lowest BCUT2D eigenvalue weighted by Gasteiger charge is -2.35. The van der Waals surface area contributed by atoms with Gasteiger partial charge in [0.1, 0.15) is 0 Å². The van der Waals surface area contributed by atoms with Gasteiger partial charge in [0.15, 0.2) is 6.10 Å². The maximum atomic E-state index is 13.6. The van der Waals surface area contributed by atoms with Crippen molar-refractivity contribution in [3.05, 3.63) is 0 Å². The van der Waals surface area contributed by atoms with Crippen LogP contribution in [0.5, 0.6) is 0 Å². The fourth-order valence-corrected chi connectivity index (χ4v) is 1.40. The molecule has 2 atom stereocenters. The smallest absolute Gasteiger partial charge is 0.455 e. The fourth-order valence-electron chi connectivity index (χ4n) is 1.40. The lowest BCUT2D eigenvalue weighted by Crippen LogP contribution is -2.60. The summed E-state index contributed by atoms with van der Waals surface area (Å²) in [6, 6.07) is 0. The topological polar surface area (TPSA) is 26.3 Å². The van der Waals surface area contributed by atoms with Gasteiger partial charge in [-0.3, -0.25) is 4.79 Å². The molecule has 0 aliphatic rings. The van der Waals surface area contributed by atoms with Gasteiger partial charge in [-0.25, -0.2) is 0 Å². The number of halogens is 7. The Kier molecular flexibility index (Phi) is 6.08. The predicted molar refractivity (Wildman–Crippen MR) is 60.1 cm³/mol. The first kappa shape index (κ1) is 20.0. The standard InChI is InChI=1S/C12H17F7O2/c1-5-7(4)9(20)21-8(6(2)3)10(13,14)11(15,16)12(17,18)19/h6-8H,5H2,1-4H3. The number of esters is 1. The van der Waals surface area contributed by atoms with Gasteiger partial charge in [-0.05, 0) is 12.3 Å². The predicted octanol–water partition coefficient (Wildman–Crippen LogP) is 4.43. The summed E-state index contributed by atoms with van der Waals surface area (Å²) in [5.41, 5.74) is 0. The molecule has 0 aliphatic heterocycles. The summed E-state index contributed by atoms with van der Waals surface area (Å²) in [6.45, 7) is 4.74. The van der Waals surface area contributed by atoms with Crippen molar-refractivity contribution >= 4 is 5.97 Å². The van der Waals surface area contributed by atoms with E-state index in [9.17, 15) is 35.5 Å². The second kappa shape index (κ2) is 6.39. The Hall–Kier alpha value is -1.02. The van der Waals surface area contributed by atoms with E-state index in [1.165, 1.54) is 13.8 Å². The van der Waals surface area contributed by atoms with E-state index in [1.54, 1.807) is 0 Å². The van der Waals surface area contributed by atoms with Crippen LogP contribution in [0.1, 0.15) is 34.1 Å². The molecule has 0 aliphatic carbocycles.